The van der Waals surface area contributed by atoms with Crippen LogP contribution in [0.3, 0.4) is 0 Å². The first-order chi connectivity index (χ1) is 8.04. The average molecular weight is 301 g/mol. The minimum atomic E-state index is -0.493. The predicted octanol–water partition coefficient (Wildman–Crippen LogP) is 2.50. The zero-order valence-electron chi connectivity index (χ0n) is 9.35. The molecule has 6 heteroatoms. The van der Waals surface area contributed by atoms with Crippen LogP contribution in [0.25, 0.3) is 0 Å². The largest absolute Gasteiger partial charge is 0.351 e. The maximum absolute atomic E-state index is 11.6. The third-order valence-electron chi connectivity index (χ3n) is 2.27. The van der Waals surface area contributed by atoms with E-state index in [0.29, 0.717) is 12.1 Å². The van der Waals surface area contributed by atoms with Crippen molar-refractivity contribution in [1.29, 1.82) is 0 Å². The van der Waals surface area contributed by atoms with Crippen molar-refractivity contribution in [3.05, 3.63) is 39.9 Å². The Kier molecular flexibility index (Phi) is 5.09. The molecule has 1 rings (SSSR count). The number of halogens is 1. The number of nitrogens with zero attached hydrogens (tertiary/aromatic N) is 1. The molecule has 5 nitrogen and oxygen atoms in total. The van der Waals surface area contributed by atoms with E-state index in [2.05, 4.69) is 21.2 Å². The highest BCUT2D eigenvalue weighted by Crippen LogP contribution is 2.12. The number of non-ortho nitro benzene ring substituents is 1. The van der Waals surface area contributed by atoms with E-state index in [9.17, 15) is 14.9 Å². The van der Waals surface area contributed by atoms with E-state index in [0.717, 1.165) is 6.42 Å². The van der Waals surface area contributed by atoms with Crippen LogP contribution in [0.2, 0.25) is 0 Å². The van der Waals surface area contributed by atoms with Crippen molar-refractivity contribution in [3.8, 4) is 0 Å². The first kappa shape index (κ1) is 13.6. The Morgan fingerprint density at radius 2 is 2.06 bits per heavy atom. The fraction of sp³-hybridized carbons (Fsp3) is 0.364. The van der Waals surface area contributed by atoms with Crippen LogP contribution in [0.5, 0.6) is 0 Å². The van der Waals surface area contributed by atoms with Gasteiger partial charge in [0.1, 0.15) is 0 Å². The molecule has 1 atom stereocenters. The molecule has 0 heterocycles. The molecule has 17 heavy (non-hydrogen) atoms. The number of hydrogen-bond acceptors (Lipinski definition) is 3. The monoisotopic (exact) mass is 300 g/mol. The Morgan fingerprint density at radius 3 is 2.53 bits per heavy atom. The number of nitro groups is 1. The number of rotatable bonds is 5. The Bertz CT molecular complexity index is 406. The summed E-state index contributed by atoms with van der Waals surface area (Å²) in [4.78, 5) is 21.8. The Morgan fingerprint density at radius 1 is 1.47 bits per heavy atom. The van der Waals surface area contributed by atoms with Crippen molar-refractivity contribution in [2.24, 2.45) is 0 Å². The summed E-state index contributed by atoms with van der Waals surface area (Å²) in [5.74, 6) is -0.224. The summed E-state index contributed by atoms with van der Waals surface area (Å²) in [6, 6.07) is 5.53. The minimum absolute atomic E-state index is 0.0199. The van der Waals surface area contributed by atoms with Gasteiger partial charge in [-0.05, 0) is 18.6 Å². The normalized spacial score (nSPS) is 11.9. The van der Waals surface area contributed by atoms with Crippen LogP contribution < -0.4 is 5.32 Å². The lowest BCUT2D eigenvalue weighted by Crippen LogP contribution is -2.29. The van der Waals surface area contributed by atoms with E-state index in [1.54, 1.807) is 0 Å². The highest BCUT2D eigenvalue weighted by atomic mass is 79.9. The molecule has 1 amide bonds. The van der Waals surface area contributed by atoms with Crippen LogP contribution in [0.1, 0.15) is 23.7 Å². The summed E-state index contributed by atoms with van der Waals surface area (Å²) in [6.07, 6.45) is 0.917. The second kappa shape index (κ2) is 6.34. The van der Waals surface area contributed by atoms with E-state index in [1.165, 1.54) is 24.3 Å². The fourth-order valence-corrected chi connectivity index (χ4v) is 1.35. The number of alkyl halides is 1. The molecule has 0 spiro atoms. The molecule has 1 unspecified atom stereocenters. The third kappa shape index (κ3) is 4.14. The number of hydrogen-bond donors (Lipinski definition) is 1. The van der Waals surface area contributed by atoms with Gasteiger partial charge in [-0.15, -0.1) is 0 Å². The highest BCUT2D eigenvalue weighted by Gasteiger charge is 2.10. The predicted molar refractivity (Wildman–Crippen MR) is 68.4 cm³/mol. The number of benzene rings is 1. The number of nitrogens with one attached hydrogen (secondary N) is 1. The van der Waals surface area contributed by atoms with Gasteiger partial charge < -0.3 is 5.32 Å². The van der Waals surface area contributed by atoms with Gasteiger partial charge in [-0.3, -0.25) is 14.9 Å². The summed E-state index contributed by atoms with van der Waals surface area (Å²) >= 11 is 3.40. The molecular weight excluding hydrogens is 288 g/mol. The van der Waals surface area contributed by atoms with Gasteiger partial charge in [0.2, 0.25) is 0 Å². The van der Waals surface area contributed by atoms with Gasteiger partial charge in [0, 0.05) is 29.1 Å². The first-order valence-corrected chi connectivity index (χ1v) is 6.13. The summed E-state index contributed by atoms with van der Waals surface area (Å²) < 4.78 is 0. The lowest BCUT2D eigenvalue weighted by atomic mass is 10.2. The molecule has 1 aromatic rings. The molecule has 0 fully saturated rings. The zero-order chi connectivity index (χ0) is 12.8. The van der Waals surface area contributed by atoms with Gasteiger partial charge in [0.15, 0.2) is 0 Å². The summed E-state index contributed by atoms with van der Waals surface area (Å²) in [5.41, 5.74) is 0.403. The number of carbonyl (C=O) groups excluding carboxylic acids is 1. The lowest BCUT2D eigenvalue weighted by Gasteiger charge is -2.08. The Hall–Kier alpha value is -1.43. The minimum Gasteiger partial charge on any atom is -0.351 e. The topological polar surface area (TPSA) is 72.2 Å². The van der Waals surface area contributed by atoms with Gasteiger partial charge in [-0.1, -0.05) is 22.9 Å². The number of nitro benzene ring substituents is 1. The smallest absolute Gasteiger partial charge is 0.269 e. The molecule has 0 saturated carbocycles. The molecule has 1 aromatic carbocycles. The van der Waals surface area contributed by atoms with E-state index in [1.807, 2.05) is 6.92 Å². The van der Waals surface area contributed by atoms with Gasteiger partial charge in [-0.25, -0.2) is 0 Å². The quantitative estimate of drug-likeness (QED) is 0.516. The number of amides is 1. The Labute approximate surface area is 107 Å². The second-order valence-electron chi connectivity index (χ2n) is 3.52. The van der Waals surface area contributed by atoms with E-state index in [4.69, 9.17) is 0 Å². The van der Waals surface area contributed by atoms with Crippen molar-refractivity contribution in [2.75, 3.05) is 6.54 Å². The second-order valence-corrected chi connectivity index (χ2v) is 4.81. The SMILES string of the molecule is CCC(Br)CNC(=O)c1ccc([N+](=O)[O-])cc1. The van der Waals surface area contributed by atoms with Crippen molar-refractivity contribution in [2.45, 2.75) is 18.2 Å². The lowest BCUT2D eigenvalue weighted by molar-refractivity contribution is -0.384. The van der Waals surface area contributed by atoms with Gasteiger partial charge in [0.05, 0.1) is 4.92 Å². The molecule has 0 saturated heterocycles. The number of carbonyl (C=O) groups is 1. The van der Waals surface area contributed by atoms with Crippen LogP contribution >= 0.6 is 15.9 Å². The molecule has 0 aliphatic rings. The average Bonchev–Trinajstić information content (AvgIpc) is 2.35. The van der Waals surface area contributed by atoms with Gasteiger partial charge in [-0.2, -0.15) is 0 Å². The highest BCUT2D eigenvalue weighted by molar-refractivity contribution is 9.09. The van der Waals surface area contributed by atoms with Crippen LogP contribution in [-0.2, 0) is 0 Å². The molecular formula is C11H13BrN2O3. The van der Waals surface area contributed by atoms with E-state index >= 15 is 0 Å². The zero-order valence-corrected chi connectivity index (χ0v) is 10.9. The summed E-state index contributed by atoms with van der Waals surface area (Å²) in [5, 5.41) is 13.2. The maximum Gasteiger partial charge on any atom is 0.269 e. The molecule has 0 radical (unpaired) electrons. The molecule has 0 aromatic heterocycles. The van der Waals surface area contributed by atoms with Crippen molar-refractivity contribution in [1.82, 2.24) is 5.32 Å². The maximum atomic E-state index is 11.6. The summed E-state index contributed by atoms with van der Waals surface area (Å²) in [6.45, 7) is 2.55. The molecule has 1 N–H and O–H groups in total. The molecule has 0 bridgehead atoms. The van der Waals surface area contributed by atoms with E-state index in [-0.39, 0.29) is 16.4 Å². The van der Waals surface area contributed by atoms with E-state index < -0.39 is 4.92 Å². The first-order valence-electron chi connectivity index (χ1n) is 5.21. The molecule has 0 aliphatic heterocycles. The Balaban J connectivity index is 2.61. The van der Waals surface area contributed by atoms with Crippen LogP contribution in [0.4, 0.5) is 5.69 Å². The van der Waals surface area contributed by atoms with Crippen LogP contribution in [0.15, 0.2) is 24.3 Å². The fourth-order valence-electron chi connectivity index (χ4n) is 1.18. The standard InChI is InChI=1S/C11H13BrN2O3/c1-2-9(12)7-13-11(15)8-3-5-10(6-4-8)14(16)17/h3-6,9H,2,7H2,1H3,(H,13,15). The van der Waals surface area contributed by atoms with Crippen LogP contribution in [0, 0.1) is 10.1 Å². The van der Waals surface area contributed by atoms with Crippen molar-refractivity contribution >= 4 is 27.5 Å². The third-order valence-corrected chi connectivity index (χ3v) is 3.24. The van der Waals surface area contributed by atoms with Gasteiger partial charge in [0.25, 0.3) is 11.6 Å². The molecule has 92 valence electrons. The van der Waals surface area contributed by atoms with Crippen LogP contribution in [-0.4, -0.2) is 22.2 Å². The van der Waals surface area contributed by atoms with Gasteiger partial charge >= 0.3 is 0 Å². The van der Waals surface area contributed by atoms with Crippen molar-refractivity contribution < 1.29 is 9.72 Å². The van der Waals surface area contributed by atoms with Crippen molar-refractivity contribution in [3.63, 3.8) is 0 Å². The molecule has 0 aliphatic carbocycles. The summed E-state index contributed by atoms with van der Waals surface area (Å²) in [7, 11) is 0.